The first-order valence-electron chi connectivity index (χ1n) is 6.48. The van der Waals surface area contributed by atoms with Gasteiger partial charge in [0.1, 0.15) is 0 Å². The van der Waals surface area contributed by atoms with Crippen LogP contribution < -0.4 is 10.6 Å². The molecule has 0 amide bonds. The molecule has 94 valence electrons. The molecule has 1 fully saturated rings. The average molecular weight is 297 g/mol. The van der Waals surface area contributed by atoms with Gasteiger partial charge >= 0.3 is 0 Å². The minimum atomic E-state index is 0.436. The quantitative estimate of drug-likeness (QED) is 0.895. The predicted octanol–water partition coefficient (Wildman–Crippen LogP) is 3.24. The van der Waals surface area contributed by atoms with Gasteiger partial charge in [0.25, 0.3) is 0 Å². The van der Waals surface area contributed by atoms with Crippen molar-refractivity contribution in [2.45, 2.75) is 38.3 Å². The lowest BCUT2D eigenvalue weighted by Gasteiger charge is -2.22. The summed E-state index contributed by atoms with van der Waals surface area (Å²) in [5, 5.41) is 7.19. The van der Waals surface area contributed by atoms with Gasteiger partial charge in [-0.3, -0.25) is 0 Å². The molecule has 1 aliphatic rings. The number of nitrogens with one attached hydrogen (secondary N) is 2. The Balaban J connectivity index is 1.91. The molecule has 0 saturated carbocycles. The van der Waals surface area contributed by atoms with Crippen LogP contribution in [0.2, 0.25) is 0 Å². The fourth-order valence-electron chi connectivity index (χ4n) is 2.39. The maximum absolute atomic E-state index is 3.74. The van der Waals surface area contributed by atoms with Crippen molar-refractivity contribution in [2.24, 2.45) is 0 Å². The largest absolute Gasteiger partial charge is 0.317 e. The van der Waals surface area contributed by atoms with E-state index in [1.165, 1.54) is 31.4 Å². The van der Waals surface area contributed by atoms with Crippen LogP contribution in [0.3, 0.4) is 0 Å². The topological polar surface area (TPSA) is 24.1 Å². The zero-order valence-electron chi connectivity index (χ0n) is 10.4. The van der Waals surface area contributed by atoms with Gasteiger partial charge in [-0.25, -0.2) is 0 Å². The van der Waals surface area contributed by atoms with E-state index in [1.54, 1.807) is 0 Å². The van der Waals surface area contributed by atoms with Crippen molar-refractivity contribution in [2.75, 3.05) is 13.1 Å². The Labute approximate surface area is 112 Å². The van der Waals surface area contributed by atoms with Gasteiger partial charge in [-0.1, -0.05) is 28.1 Å². The summed E-state index contributed by atoms with van der Waals surface area (Å²) in [6.45, 7) is 4.57. The van der Waals surface area contributed by atoms with Crippen molar-refractivity contribution in [1.29, 1.82) is 0 Å². The predicted molar refractivity (Wildman–Crippen MR) is 76.2 cm³/mol. The molecular formula is C14H21BrN2. The Morgan fingerprint density at radius 2 is 2.00 bits per heavy atom. The van der Waals surface area contributed by atoms with Crippen molar-refractivity contribution in [1.82, 2.24) is 10.6 Å². The Bertz CT molecular complexity index is 329. The highest BCUT2D eigenvalue weighted by Crippen LogP contribution is 2.18. The smallest absolute Gasteiger partial charge is 0.0294 e. The van der Waals surface area contributed by atoms with Crippen LogP contribution >= 0.6 is 15.9 Å². The summed E-state index contributed by atoms with van der Waals surface area (Å²) in [6.07, 6.45) is 3.81. The van der Waals surface area contributed by atoms with E-state index in [9.17, 15) is 0 Å². The number of hydrogen-bond acceptors (Lipinski definition) is 2. The molecule has 3 heteroatoms. The van der Waals surface area contributed by atoms with E-state index >= 15 is 0 Å². The lowest BCUT2D eigenvalue weighted by molar-refractivity contribution is 0.421. The summed E-state index contributed by atoms with van der Waals surface area (Å²) in [6, 6.07) is 9.70. The van der Waals surface area contributed by atoms with E-state index in [0.717, 1.165) is 11.0 Å². The number of halogens is 1. The maximum atomic E-state index is 3.74. The van der Waals surface area contributed by atoms with E-state index < -0.39 is 0 Å². The van der Waals surface area contributed by atoms with Gasteiger partial charge in [-0.15, -0.1) is 0 Å². The highest BCUT2D eigenvalue weighted by atomic mass is 79.9. The SMILES string of the molecule is C[C@@H](NC1CCCNCC1)c1ccc(Br)cc1. The number of hydrogen-bond donors (Lipinski definition) is 2. The number of rotatable bonds is 3. The third kappa shape index (κ3) is 4.09. The van der Waals surface area contributed by atoms with Gasteiger partial charge in [0.15, 0.2) is 0 Å². The molecule has 1 saturated heterocycles. The number of benzene rings is 1. The van der Waals surface area contributed by atoms with Gasteiger partial charge in [-0.05, 0) is 57.0 Å². The molecule has 2 nitrogen and oxygen atoms in total. The van der Waals surface area contributed by atoms with Crippen LogP contribution in [0.4, 0.5) is 0 Å². The molecule has 1 aromatic rings. The molecule has 1 heterocycles. The minimum Gasteiger partial charge on any atom is -0.317 e. The molecule has 0 bridgehead atoms. The van der Waals surface area contributed by atoms with E-state index in [-0.39, 0.29) is 0 Å². The van der Waals surface area contributed by atoms with Crippen LogP contribution in [0, 0.1) is 0 Å². The first-order valence-corrected chi connectivity index (χ1v) is 7.27. The highest BCUT2D eigenvalue weighted by molar-refractivity contribution is 9.10. The first-order chi connectivity index (χ1) is 8.25. The summed E-state index contributed by atoms with van der Waals surface area (Å²) in [7, 11) is 0. The normalized spacial score (nSPS) is 23.1. The molecular weight excluding hydrogens is 276 g/mol. The molecule has 2 atom stereocenters. The van der Waals surface area contributed by atoms with E-state index in [4.69, 9.17) is 0 Å². The third-order valence-corrected chi connectivity index (χ3v) is 3.96. The second-order valence-electron chi connectivity index (χ2n) is 4.82. The fraction of sp³-hybridized carbons (Fsp3) is 0.571. The summed E-state index contributed by atoms with van der Waals surface area (Å²) >= 11 is 3.47. The molecule has 1 unspecified atom stereocenters. The zero-order valence-corrected chi connectivity index (χ0v) is 12.0. The molecule has 17 heavy (non-hydrogen) atoms. The first kappa shape index (κ1) is 13.1. The second-order valence-corrected chi connectivity index (χ2v) is 5.73. The molecule has 2 rings (SSSR count). The van der Waals surface area contributed by atoms with Crippen molar-refractivity contribution >= 4 is 15.9 Å². The van der Waals surface area contributed by atoms with Gasteiger partial charge < -0.3 is 10.6 Å². The van der Waals surface area contributed by atoms with Crippen molar-refractivity contribution in [3.05, 3.63) is 34.3 Å². The lowest BCUT2D eigenvalue weighted by Crippen LogP contribution is -2.32. The molecule has 0 aliphatic carbocycles. The van der Waals surface area contributed by atoms with Crippen LogP contribution in [0.5, 0.6) is 0 Å². The van der Waals surface area contributed by atoms with Gasteiger partial charge in [0, 0.05) is 16.6 Å². The Hall–Kier alpha value is -0.380. The van der Waals surface area contributed by atoms with Gasteiger partial charge in [0.2, 0.25) is 0 Å². The lowest BCUT2D eigenvalue weighted by atomic mass is 10.0. The van der Waals surface area contributed by atoms with Crippen LogP contribution in [-0.4, -0.2) is 19.1 Å². The second kappa shape index (κ2) is 6.53. The third-order valence-electron chi connectivity index (χ3n) is 3.43. The minimum absolute atomic E-state index is 0.436. The van der Waals surface area contributed by atoms with Crippen molar-refractivity contribution in [3.8, 4) is 0 Å². The summed E-state index contributed by atoms with van der Waals surface area (Å²) in [4.78, 5) is 0. The van der Waals surface area contributed by atoms with Crippen LogP contribution in [0.15, 0.2) is 28.7 Å². The molecule has 1 aliphatic heterocycles. The van der Waals surface area contributed by atoms with Crippen LogP contribution in [0.1, 0.15) is 37.8 Å². The van der Waals surface area contributed by atoms with Gasteiger partial charge in [0.05, 0.1) is 0 Å². The maximum Gasteiger partial charge on any atom is 0.0294 e. The molecule has 0 radical (unpaired) electrons. The Morgan fingerprint density at radius 1 is 1.24 bits per heavy atom. The standard InChI is InChI=1S/C14H21BrN2/c1-11(12-4-6-13(15)7-5-12)17-14-3-2-9-16-10-8-14/h4-7,11,14,16-17H,2-3,8-10H2,1H3/t11-,14?/m1/s1. The van der Waals surface area contributed by atoms with Gasteiger partial charge in [-0.2, -0.15) is 0 Å². The monoisotopic (exact) mass is 296 g/mol. The highest BCUT2D eigenvalue weighted by Gasteiger charge is 2.14. The summed E-state index contributed by atoms with van der Waals surface area (Å²) in [5.74, 6) is 0. The Kier molecular flexibility index (Phi) is 5.01. The Morgan fingerprint density at radius 3 is 2.76 bits per heavy atom. The van der Waals surface area contributed by atoms with Crippen molar-refractivity contribution < 1.29 is 0 Å². The van der Waals surface area contributed by atoms with Crippen LogP contribution in [-0.2, 0) is 0 Å². The van der Waals surface area contributed by atoms with Crippen molar-refractivity contribution in [3.63, 3.8) is 0 Å². The fourth-order valence-corrected chi connectivity index (χ4v) is 2.65. The molecule has 0 spiro atoms. The average Bonchev–Trinajstić information content (AvgIpc) is 2.58. The van der Waals surface area contributed by atoms with E-state index in [0.29, 0.717) is 12.1 Å². The molecule has 0 aromatic heterocycles. The molecule has 2 N–H and O–H groups in total. The van der Waals surface area contributed by atoms with E-state index in [2.05, 4.69) is 57.8 Å². The summed E-state index contributed by atoms with van der Waals surface area (Å²) < 4.78 is 1.15. The molecule has 1 aromatic carbocycles. The zero-order chi connectivity index (χ0) is 12.1. The van der Waals surface area contributed by atoms with E-state index in [1.807, 2.05) is 0 Å². The van der Waals surface area contributed by atoms with Crippen LogP contribution in [0.25, 0.3) is 0 Å². The summed E-state index contributed by atoms with van der Waals surface area (Å²) in [5.41, 5.74) is 1.37.